The molecule has 0 bridgehead atoms. The Bertz CT molecular complexity index is 752. The fourth-order valence-corrected chi connectivity index (χ4v) is 6.93. The highest BCUT2D eigenvalue weighted by Gasteiger charge is 2.27. The van der Waals surface area contributed by atoms with Gasteiger partial charge in [-0.1, -0.05) is 89.6 Å². The summed E-state index contributed by atoms with van der Waals surface area (Å²) in [5.74, 6) is 1.68. The molecular weight excluding hydrogens is 446 g/mol. The lowest BCUT2D eigenvalue weighted by molar-refractivity contribution is 0.0697. The number of carbonyl (C=O) groups is 1. The van der Waals surface area contributed by atoms with E-state index < -0.39 is 5.97 Å². The van der Waals surface area contributed by atoms with Gasteiger partial charge in [-0.15, -0.1) is 0 Å². The number of aromatic carboxylic acids is 1. The van der Waals surface area contributed by atoms with E-state index >= 15 is 0 Å². The van der Waals surface area contributed by atoms with Crippen molar-refractivity contribution < 1.29 is 9.90 Å². The quantitative estimate of drug-likeness (QED) is 0.281. The van der Waals surface area contributed by atoms with Crippen LogP contribution in [0, 0.1) is 17.8 Å². The van der Waals surface area contributed by atoms with E-state index in [1.165, 1.54) is 87.5 Å². The van der Waals surface area contributed by atoms with Crippen molar-refractivity contribution in [3.8, 4) is 0 Å². The molecule has 3 rings (SSSR count). The van der Waals surface area contributed by atoms with Gasteiger partial charge in [0, 0.05) is 5.69 Å². The van der Waals surface area contributed by atoms with Crippen LogP contribution in [-0.4, -0.2) is 11.1 Å². The molecule has 0 spiro atoms. The van der Waals surface area contributed by atoms with Crippen LogP contribution in [0.4, 0.5) is 5.69 Å². The molecule has 5 heteroatoms. The van der Waals surface area contributed by atoms with Gasteiger partial charge in [-0.25, -0.2) is 4.79 Å². The van der Waals surface area contributed by atoms with Gasteiger partial charge in [-0.3, -0.25) is 0 Å². The number of allylic oxidation sites excluding steroid dienone is 2. The monoisotopic (exact) mass is 489 g/mol. The summed E-state index contributed by atoms with van der Waals surface area (Å²) in [5.41, 5.74) is 1.19. The molecule has 2 aliphatic rings. The van der Waals surface area contributed by atoms with E-state index in [0.717, 1.165) is 21.8 Å². The molecule has 1 aromatic carbocycles. The minimum Gasteiger partial charge on any atom is -0.478 e. The van der Waals surface area contributed by atoms with Crippen LogP contribution in [0.15, 0.2) is 46.1 Å². The minimum atomic E-state index is -0.901. The molecule has 2 N–H and O–H groups in total. The first-order chi connectivity index (χ1) is 16.1. The first kappa shape index (κ1) is 27.9. The molecule has 0 amide bonds. The average molecular weight is 490 g/mol. The number of hydrogen-bond acceptors (Lipinski definition) is 4. The summed E-state index contributed by atoms with van der Waals surface area (Å²) in [6.07, 6.45) is 17.8. The van der Waals surface area contributed by atoms with Crippen LogP contribution in [0.5, 0.6) is 0 Å². The van der Waals surface area contributed by atoms with E-state index in [9.17, 15) is 4.79 Å². The van der Waals surface area contributed by atoms with Gasteiger partial charge >= 0.3 is 5.97 Å². The average Bonchev–Trinajstić information content (AvgIpc) is 3.26. The number of carboxylic acids is 1. The van der Waals surface area contributed by atoms with Gasteiger partial charge in [-0.2, -0.15) is 0 Å². The summed E-state index contributed by atoms with van der Waals surface area (Å²) in [4.78, 5) is 12.4. The maximum Gasteiger partial charge on any atom is 0.335 e. The number of hydrogen-bond donors (Lipinski definition) is 2. The van der Waals surface area contributed by atoms with Crippen molar-refractivity contribution >= 4 is 35.4 Å². The summed E-state index contributed by atoms with van der Waals surface area (Å²) in [6, 6.07) is 6.83. The predicted molar refractivity (Wildman–Crippen MR) is 148 cm³/mol. The van der Waals surface area contributed by atoms with E-state index in [1.807, 2.05) is 13.8 Å². The van der Waals surface area contributed by atoms with Crippen LogP contribution >= 0.6 is 23.7 Å². The number of thioether (sulfide) groups is 1. The Morgan fingerprint density at radius 3 is 2.15 bits per heavy atom. The molecule has 0 aliphatic heterocycles. The van der Waals surface area contributed by atoms with E-state index in [1.54, 1.807) is 36.0 Å². The van der Waals surface area contributed by atoms with E-state index in [2.05, 4.69) is 24.3 Å². The van der Waals surface area contributed by atoms with E-state index in [0.29, 0.717) is 11.5 Å². The fourth-order valence-electron chi connectivity index (χ4n) is 5.20. The van der Waals surface area contributed by atoms with Gasteiger partial charge in [0.05, 0.1) is 9.80 Å². The Balaban J connectivity index is 0.00000187. The molecule has 0 heterocycles. The number of nitrogens with one attached hydrogen (secondary N) is 1. The Hall–Kier alpha value is -1.33. The normalized spacial score (nSPS) is 22.3. The zero-order valence-electron chi connectivity index (χ0n) is 20.8. The van der Waals surface area contributed by atoms with Crippen molar-refractivity contribution in [2.24, 2.45) is 17.8 Å². The zero-order valence-corrected chi connectivity index (χ0v) is 22.4. The minimum absolute atomic E-state index is 0.301. The Kier molecular flexibility index (Phi) is 13.2. The van der Waals surface area contributed by atoms with Crippen LogP contribution in [0.2, 0.25) is 0 Å². The van der Waals surface area contributed by atoms with Crippen LogP contribution < -0.4 is 4.72 Å². The summed E-state index contributed by atoms with van der Waals surface area (Å²) >= 11 is 3.31. The third-order valence-corrected chi connectivity index (χ3v) is 9.01. The first-order valence-corrected chi connectivity index (χ1v) is 14.5. The molecular formula is C28H43NO2S2. The molecule has 1 aromatic rings. The van der Waals surface area contributed by atoms with Gasteiger partial charge < -0.3 is 9.83 Å². The molecule has 184 valence electrons. The lowest BCUT2D eigenvalue weighted by Gasteiger charge is -2.25. The highest BCUT2D eigenvalue weighted by Crippen LogP contribution is 2.44. The molecule has 0 saturated heterocycles. The van der Waals surface area contributed by atoms with Gasteiger partial charge in [0.25, 0.3) is 0 Å². The summed E-state index contributed by atoms with van der Waals surface area (Å²) < 4.78 is 4.32. The summed E-state index contributed by atoms with van der Waals surface area (Å²) in [6.45, 7) is 10.4. The molecule has 2 aliphatic carbocycles. The summed E-state index contributed by atoms with van der Waals surface area (Å²) in [5, 5.41) is 9.02. The third kappa shape index (κ3) is 9.44. The highest BCUT2D eigenvalue weighted by molar-refractivity contribution is 8.24. The number of anilines is 1. The van der Waals surface area contributed by atoms with Crippen molar-refractivity contribution in [2.45, 2.75) is 91.4 Å². The second-order valence-electron chi connectivity index (χ2n) is 8.97. The number of rotatable bonds is 8. The second kappa shape index (κ2) is 15.5. The topological polar surface area (TPSA) is 49.3 Å². The number of carboxylic acid groups (broad SMARTS) is 1. The molecule has 2 unspecified atom stereocenters. The first-order valence-electron chi connectivity index (χ1n) is 12.9. The predicted octanol–water partition coefficient (Wildman–Crippen LogP) is 9.75. The van der Waals surface area contributed by atoms with E-state index in [4.69, 9.17) is 5.11 Å². The van der Waals surface area contributed by atoms with Gasteiger partial charge in [0.15, 0.2) is 0 Å². The van der Waals surface area contributed by atoms with Crippen molar-refractivity contribution in [3.05, 3.63) is 51.6 Å². The van der Waals surface area contributed by atoms with Gasteiger partial charge in [0.2, 0.25) is 0 Å². The molecule has 0 radical (unpaired) electrons. The van der Waals surface area contributed by atoms with Crippen LogP contribution in [0.3, 0.4) is 0 Å². The van der Waals surface area contributed by atoms with Gasteiger partial charge in [0.1, 0.15) is 0 Å². The largest absolute Gasteiger partial charge is 0.478 e. The van der Waals surface area contributed by atoms with Crippen molar-refractivity contribution in [3.63, 3.8) is 0 Å². The molecule has 2 atom stereocenters. The third-order valence-electron chi connectivity index (χ3n) is 6.91. The molecule has 2 saturated carbocycles. The fraction of sp³-hybridized carbons (Fsp3) is 0.607. The lowest BCUT2D eigenvalue weighted by Crippen LogP contribution is -2.14. The van der Waals surface area contributed by atoms with Crippen LogP contribution in [0.25, 0.3) is 0 Å². The maximum absolute atomic E-state index is 11.0. The van der Waals surface area contributed by atoms with Gasteiger partial charge in [-0.05, 0) is 85.1 Å². The Morgan fingerprint density at radius 2 is 1.55 bits per heavy atom. The smallest absolute Gasteiger partial charge is 0.335 e. The highest BCUT2D eigenvalue weighted by atomic mass is 32.2. The molecule has 0 aromatic heterocycles. The lowest BCUT2D eigenvalue weighted by atomic mass is 9.81. The zero-order chi connectivity index (χ0) is 24.1. The SMILES string of the molecule is C=C(SNc1ccc(C(=O)O)cc1)S/C(=C\C)C1CCCC(C2CCCCCC2)CC1.CC. The van der Waals surface area contributed by atoms with Crippen molar-refractivity contribution in [2.75, 3.05) is 4.72 Å². The Morgan fingerprint density at radius 1 is 0.939 bits per heavy atom. The Labute approximate surface area is 210 Å². The van der Waals surface area contributed by atoms with Crippen molar-refractivity contribution in [1.82, 2.24) is 0 Å². The van der Waals surface area contributed by atoms with Crippen molar-refractivity contribution in [1.29, 1.82) is 0 Å². The standard InChI is InChI=1S/C26H37NO2S2.C2H6/c1-3-25(30-19(2)31-27-24-17-15-23(16-18-24)26(28)29)22-12-8-11-21(13-14-22)20-9-6-4-5-7-10-20;1-2/h3,15-18,20-22,27H,2,4-14H2,1H3,(H,28,29);1-2H3/b25-3-;. The van der Waals surface area contributed by atoms with Crippen LogP contribution in [-0.2, 0) is 0 Å². The summed E-state index contributed by atoms with van der Waals surface area (Å²) in [7, 11) is 0. The molecule has 33 heavy (non-hydrogen) atoms. The molecule has 3 nitrogen and oxygen atoms in total. The van der Waals surface area contributed by atoms with E-state index in [-0.39, 0.29) is 0 Å². The second-order valence-corrected chi connectivity index (χ2v) is 11.3. The van der Waals surface area contributed by atoms with Crippen LogP contribution in [0.1, 0.15) is 102 Å². The number of benzene rings is 1. The molecule has 2 fully saturated rings. The maximum atomic E-state index is 11.0.